The van der Waals surface area contributed by atoms with Gasteiger partial charge < -0.3 is 19.6 Å². The van der Waals surface area contributed by atoms with Crippen molar-refractivity contribution in [3.8, 4) is 0 Å². The number of esters is 1. The molecule has 224 valence electrons. The van der Waals surface area contributed by atoms with Gasteiger partial charge in [0, 0.05) is 17.5 Å². The van der Waals surface area contributed by atoms with Gasteiger partial charge in [-0.2, -0.15) is 0 Å². The van der Waals surface area contributed by atoms with Gasteiger partial charge in [-0.25, -0.2) is 0 Å². The van der Waals surface area contributed by atoms with Crippen LogP contribution in [0.15, 0.2) is 43.5 Å². The highest BCUT2D eigenvalue weighted by molar-refractivity contribution is 8.02. The third-order valence-electron chi connectivity index (χ3n) is 9.56. The van der Waals surface area contributed by atoms with E-state index in [1.807, 2.05) is 45.9 Å². The molecule has 8 atom stereocenters. The second-order valence-electron chi connectivity index (χ2n) is 12.1. The van der Waals surface area contributed by atoms with Crippen LogP contribution in [0.1, 0.15) is 57.6 Å². The molecule has 3 heterocycles. The standard InChI is InChI=1S/C33H46N2O5S/c1-8-11-12-16-40-32(39)27-26-18-23(7)33(41-26)28(27)30(37)35(25(19-36)21(5)10-3)29(33)31(38)34(15-9-2)24-17-20(4)13-14-22(24)6/h8-9,13-14,17,21,23,25-29,36H,1-2,10-12,15-16,18-19H2,3-7H3/t21-,23?,25-,26-,27+,28-,29?,33?/m0/s1. The molecule has 2 amide bonds. The third kappa shape index (κ3) is 5.27. The van der Waals surface area contributed by atoms with Crippen molar-refractivity contribution in [3.05, 3.63) is 54.6 Å². The minimum atomic E-state index is -0.824. The molecule has 7 nitrogen and oxygen atoms in total. The fourth-order valence-electron chi connectivity index (χ4n) is 7.27. The molecule has 0 saturated carbocycles. The van der Waals surface area contributed by atoms with Gasteiger partial charge in [-0.3, -0.25) is 14.4 Å². The molecule has 3 aliphatic rings. The zero-order chi connectivity index (χ0) is 30.1. The van der Waals surface area contributed by atoms with Gasteiger partial charge >= 0.3 is 5.97 Å². The quantitative estimate of drug-likeness (QED) is 0.198. The lowest BCUT2D eigenvalue weighted by molar-refractivity contribution is -0.155. The first-order valence-corrected chi connectivity index (χ1v) is 15.8. The van der Waals surface area contributed by atoms with Crippen LogP contribution in [0, 0.1) is 37.5 Å². The molecule has 1 N–H and O–H groups in total. The van der Waals surface area contributed by atoms with E-state index in [0.29, 0.717) is 6.42 Å². The van der Waals surface area contributed by atoms with E-state index in [9.17, 15) is 19.5 Å². The van der Waals surface area contributed by atoms with Crippen molar-refractivity contribution in [3.63, 3.8) is 0 Å². The maximum absolute atomic E-state index is 14.9. The predicted octanol–water partition coefficient (Wildman–Crippen LogP) is 5.08. The van der Waals surface area contributed by atoms with E-state index >= 15 is 0 Å². The summed E-state index contributed by atoms with van der Waals surface area (Å²) in [6, 6.07) is 4.65. The summed E-state index contributed by atoms with van der Waals surface area (Å²) in [7, 11) is 0. The number of hydrogen-bond donors (Lipinski definition) is 1. The molecule has 1 aromatic rings. The summed E-state index contributed by atoms with van der Waals surface area (Å²) < 4.78 is 4.92. The van der Waals surface area contributed by atoms with Crippen molar-refractivity contribution in [2.75, 3.05) is 24.7 Å². The third-order valence-corrected chi connectivity index (χ3v) is 11.6. The Bertz CT molecular complexity index is 1190. The van der Waals surface area contributed by atoms with Crippen molar-refractivity contribution in [1.82, 2.24) is 4.90 Å². The van der Waals surface area contributed by atoms with Gasteiger partial charge in [0.25, 0.3) is 5.91 Å². The van der Waals surface area contributed by atoms with Crippen molar-refractivity contribution >= 4 is 35.2 Å². The molecule has 0 aromatic heterocycles. The van der Waals surface area contributed by atoms with Gasteiger partial charge in [0.05, 0.1) is 35.8 Å². The van der Waals surface area contributed by atoms with Crippen LogP contribution in [-0.4, -0.2) is 69.6 Å². The Morgan fingerprint density at radius 1 is 1.29 bits per heavy atom. The van der Waals surface area contributed by atoms with E-state index in [-0.39, 0.29) is 54.6 Å². The summed E-state index contributed by atoms with van der Waals surface area (Å²) in [5.41, 5.74) is 2.77. The van der Waals surface area contributed by atoms with Gasteiger partial charge in [-0.15, -0.1) is 24.9 Å². The number of amides is 2. The van der Waals surface area contributed by atoms with Gasteiger partial charge in [0.15, 0.2) is 0 Å². The number of allylic oxidation sites excluding steroid dienone is 1. The van der Waals surface area contributed by atoms with Crippen molar-refractivity contribution in [2.45, 2.75) is 82.4 Å². The summed E-state index contributed by atoms with van der Waals surface area (Å²) in [5, 5.41) is 10.6. The molecule has 41 heavy (non-hydrogen) atoms. The first-order valence-electron chi connectivity index (χ1n) is 15.0. The first-order chi connectivity index (χ1) is 19.6. The molecule has 1 spiro atoms. The highest BCUT2D eigenvalue weighted by Crippen LogP contribution is 2.69. The second-order valence-corrected chi connectivity index (χ2v) is 13.6. The molecule has 2 bridgehead atoms. The number of rotatable bonds is 13. The molecular weight excluding hydrogens is 536 g/mol. The van der Waals surface area contributed by atoms with Crippen molar-refractivity contribution in [1.29, 1.82) is 0 Å². The number of anilines is 1. The number of thioether (sulfide) groups is 1. The zero-order valence-corrected chi connectivity index (χ0v) is 26.0. The van der Waals surface area contributed by atoms with E-state index < -0.39 is 28.7 Å². The van der Waals surface area contributed by atoms with Crippen LogP contribution in [0.3, 0.4) is 0 Å². The Labute approximate surface area is 249 Å². The summed E-state index contributed by atoms with van der Waals surface area (Å²) in [6.07, 6.45) is 6.40. The maximum atomic E-state index is 14.9. The van der Waals surface area contributed by atoms with Crippen LogP contribution in [0.2, 0.25) is 0 Å². The number of benzene rings is 1. The van der Waals surface area contributed by atoms with Crippen molar-refractivity contribution < 1.29 is 24.2 Å². The number of carbonyl (C=O) groups excluding carboxylic acids is 3. The van der Waals surface area contributed by atoms with Crippen LogP contribution in [0.5, 0.6) is 0 Å². The Morgan fingerprint density at radius 3 is 2.66 bits per heavy atom. The van der Waals surface area contributed by atoms with E-state index in [2.05, 4.69) is 20.1 Å². The molecular formula is C33H46N2O5S. The van der Waals surface area contributed by atoms with Crippen molar-refractivity contribution in [2.24, 2.45) is 23.7 Å². The lowest BCUT2D eigenvalue weighted by Gasteiger charge is -2.43. The number of likely N-dealkylation sites (tertiary alicyclic amines) is 1. The SMILES string of the molecule is C=CCCCOC(=O)[C@@H]1[C@@H]2CC(C)C3(S2)C(C(=O)N(CC=C)c2cc(C)ccc2C)N([C@@H](CO)[C@@H](C)CC)C(=O)[C@H]13. The molecule has 8 heteroatoms. The number of carbonyl (C=O) groups is 3. The monoisotopic (exact) mass is 582 g/mol. The molecule has 4 rings (SSSR count). The summed E-state index contributed by atoms with van der Waals surface area (Å²) in [4.78, 5) is 46.5. The lowest BCUT2D eigenvalue weighted by atomic mass is 9.66. The molecule has 3 aliphatic heterocycles. The smallest absolute Gasteiger partial charge is 0.310 e. The van der Waals surface area contributed by atoms with E-state index in [0.717, 1.165) is 36.1 Å². The van der Waals surface area contributed by atoms with E-state index in [1.165, 1.54) is 0 Å². The maximum Gasteiger partial charge on any atom is 0.310 e. The van der Waals surface area contributed by atoms with Gasteiger partial charge in [0.2, 0.25) is 5.91 Å². The fourth-order valence-corrected chi connectivity index (χ4v) is 9.66. The van der Waals surface area contributed by atoms with Gasteiger partial charge in [-0.1, -0.05) is 51.5 Å². The van der Waals surface area contributed by atoms with Gasteiger partial charge in [-0.05, 0) is 62.1 Å². The molecule has 3 fully saturated rings. The average Bonchev–Trinajstić information content (AvgIpc) is 3.55. The van der Waals surface area contributed by atoms with Gasteiger partial charge in [0.1, 0.15) is 6.04 Å². The highest BCUT2D eigenvalue weighted by atomic mass is 32.2. The number of hydrogen-bond acceptors (Lipinski definition) is 6. The average molecular weight is 583 g/mol. The number of ether oxygens (including phenoxy) is 1. The highest BCUT2D eigenvalue weighted by Gasteiger charge is 2.77. The minimum absolute atomic E-state index is 0.0238. The van der Waals surface area contributed by atoms with Crippen LogP contribution < -0.4 is 4.90 Å². The molecule has 0 radical (unpaired) electrons. The van der Waals surface area contributed by atoms with Crippen LogP contribution in [-0.2, 0) is 19.1 Å². The normalized spacial score (nSPS) is 29.7. The summed E-state index contributed by atoms with van der Waals surface area (Å²) in [6.45, 7) is 18.1. The Balaban J connectivity index is 1.83. The zero-order valence-electron chi connectivity index (χ0n) is 25.2. The fraction of sp³-hybridized carbons (Fsp3) is 0.606. The lowest BCUT2D eigenvalue weighted by Crippen LogP contribution is -2.60. The predicted molar refractivity (Wildman–Crippen MR) is 165 cm³/mol. The number of fused-ring (bicyclic) bond motifs is 1. The summed E-state index contributed by atoms with van der Waals surface area (Å²) >= 11 is 1.63. The molecule has 3 unspecified atom stereocenters. The number of aliphatic hydroxyl groups is 1. The second kappa shape index (κ2) is 12.7. The summed E-state index contributed by atoms with van der Waals surface area (Å²) in [5.74, 6) is -2.05. The van der Waals surface area contributed by atoms with Crippen LogP contribution >= 0.6 is 11.8 Å². The Morgan fingerprint density at radius 2 is 2.02 bits per heavy atom. The van der Waals surface area contributed by atoms with E-state index in [4.69, 9.17) is 4.74 Å². The molecule has 0 aliphatic carbocycles. The van der Waals surface area contributed by atoms with Crippen LogP contribution in [0.25, 0.3) is 0 Å². The topological polar surface area (TPSA) is 87.2 Å². The largest absolute Gasteiger partial charge is 0.465 e. The minimum Gasteiger partial charge on any atom is -0.465 e. The van der Waals surface area contributed by atoms with E-state index in [1.54, 1.807) is 33.7 Å². The van der Waals surface area contributed by atoms with Crippen LogP contribution in [0.4, 0.5) is 5.69 Å². The Kier molecular flexibility index (Phi) is 9.74. The Hall–Kier alpha value is -2.58. The number of nitrogens with zero attached hydrogens (tertiary/aromatic N) is 2. The number of unbranched alkanes of at least 4 members (excludes halogenated alkanes) is 1. The number of aliphatic hydroxyl groups excluding tert-OH is 1. The molecule has 3 saturated heterocycles. The number of aryl methyl sites for hydroxylation is 2. The first kappa shape index (κ1) is 31.4. The molecule has 1 aromatic carbocycles.